The molecule has 0 saturated heterocycles. The molecule has 0 radical (unpaired) electrons. The number of nitrogens with two attached hydrogens (primary N) is 1. The highest BCUT2D eigenvalue weighted by atomic mass is 35.5. The summed E-state index contributed by atoms with van der Waals surface area (Å²) in [6.45, 7) is 2.88. The number of rotatable bonds is 4. The molecule has 0 amide bonds. The Morgan fingerprint density at radius 2 is 2.11 bits per heavy atom. The van der Waals surface area contributed by atoms with E-state index < -0.39 is 0 Å². The molecule has 1 aromatic carbocycles. The van der Waals surface area contributed by atoms with Crippen molar-refractivity contribution in [1.29, 1.82) is 0 Å². The second-order valence-electron chi connectivity index (χ2n) is 4.03. The van der Waals surface area contributed by atoms with Crippen LogP contribution in [0.2, 0.25) is 10.0 Å². The van der Waals surface area contributed by atoms with E-state index in [0.29, 0.717) is 10.0 Å². The van der Waals surface area contributed by atoms with Crippen LogP contribution in [-0.4, -0.2) is 15.0 Å². The van der Waals surface area contributed by atoms with Gasteiger partial charge in [-0.25, -0.2) is 4.68 Å². The molecule has 0 saturated carbocycles. The summed E-state index contributed by atoms with van der Waals surface area (Å²) in [5.41, 5.74) is 7.97. The fourth-order valence-electron chi connectivity index (χ4n) is 1.77. The number of benzene rings is 1. The van der Waals surface area contributed by atoms with Gasteiger partial charge in [0.05, 0.1) is 28.0 Å². The average Bonchev–Trinajstić information content (AvgIpc) is 2.80. The molecule has 96 valence electrons. The Kier molecular flexibility index (Phi) is 4.22. The second-order valence-corrected chi connectivity index (χ2v) is 4.85. The maximum atomic E-state index is 6.21. The van der Waals surface area contributed by atoms with E-state index in [1.807, 2.05) is 10.7 Å². The van der Waals surface area contributed by atoms with Crippen molar-refractivity contribution in [3.63, 3.8) is 0 Å². The van der Waals surface area contributed by atoms with Crippen molar-refractivity contribution in [2.45, 2.75) is 25.9 Å². The predicted octanol–water partition coefficient (Wildman–Crippen LogP) is 3.04. The summed E-state index contributed by atoms with van der Waals surface area (Å²) in [6, 6.07) is 5.08. The van der Waals surface area contributed by atoms with Crippen LogP contribution in [-0.2, 0) is 6.54 Å². The minimum Gasteiger partial charge on any atom is -0.319 e. The van der Waals surface area contributed by atoms with Gasteiger partial charge in [-0.3, -0.25) is 0 Å². The highest BCUT2D eigenvalue weighted by Gasteiger charge is 2.15. The molecule has 0 fully saturated rings. The van der Waals surface area contributed by atoms with Crippen molar-refractivity contribution in [2.75, 3.05) is 0 Å². The Bertz CT molecular complexity index is 539. The number of hydrogen-bond donors (Lipinski definition) is 1. The van der Waals surface area contributed by atoms with Crippen molar-refractivity contribution in [1.82, 2.24) is 15.0 Å². The van der Waals surface area contributed by atoms with Crippen LogP contribution in [0.5, 0.6) is 0 Å². The maximum absolute atomic E-state index is 6.21. The lowest BCUT2D eigenvalue weighted by molar-refractivity contribution is 0.543. The lowest BCUT2D eigenvalue weighted by atomic mass is 10.1. The highest BCUT2D eigenvalue weighted by Crippen LogP contribution is 2.27. The van der Waals surface area contributed by atoms with E-state index in [4.69, 9.17) is 28.9 Å². The van der Waals surface area contributed by atoms with Crippen LogP contribution >= 0.6 is 23.2 Å². The summed E-state index contributed by atoms with van der Waals surface area (Å²) in [5, 5.41) is 8.94. The van der Waals surface area contributed by atoms with Crippen LogP contribution in [0.15, 0.2) is 24.4 Å². The molecule has 1 heterocycles. The first-order valence-corrected chi connectivity index (χ1v) is 6.48. The summed E-state index contributed by atoms with van der Waals surface area (Å²) < 4.78 is 1.81. The molecule has 1 atom stereocenters. The van der Waals surface area contributed by atoms with Crippen LogP contribution in [0.3, 0.4) is 0 Å². The van der Waals surface area contributed by atoms with Gasteiger partial charge in [-0.15, -0.1) is 5.10 Å². The fraction of sp³-hybridized carbons (Fsp3) is 0.333. The van der Waals surface area contributed by atoms with Gasteiger partial charge < -0.3 is 5.73 Å². The first-order valence-electron chi connectivity index (χ1n) is 5.72. The summed E-state index contributed by atoms with van der Waals surface area (Å²) in [5.74, 6) is 0. The second kappa shape index (κ2) is 5.69. The molecule has 0 aliphatic rings. The van der Waals surface area contributed by atoms with Gasteiger partial charge in [-0.05, 0) is 24.1 Å². The number of nitrogens with zero attached hydrogens (tertiary/aromatic N) is 3. The summed E-state index contributed by atoms with van der Waals surface area (Å²) >= 11 is 11.9. The standard InChI is InChI=1S/C12H14Cl2N4/c1-2-5-18-11(7-16-17-18)12(15)8-3-4-9(13)10(14)6-8/h3-4,6-7,12H,2,5,15H2,1H3. The van der Waals surface area contributed by atoms with Crippen LogP contribution < -0.4 is 5.73 Å². The minimum atomic E-state index is -0.304. The van der Waals surface area contributed by atoms with Crippen molar-refractivity contribution in [3.8, 4) is 0 Å². The molecule has 18 heavy (non-hydrogen) atoms. The van der Waals surface area contributed by atoms with Gasteiger partial charge >= 0.3 is 0 Å². The molecule has 2 N–H and O–H groups in total. The number of aryl methyl sites for hydroxylation is 1. The number of halogens is 2. The molecular formula is C12H14Cl2N4. The third-order valence-corrected chi connectivity index (χ3v) is 3.44. The van der Waals surface area contributed by atoms with Crippen molar-refractivity contribution in [2.24, 2.45) is 5.73 Å². The SMILES string of the molecule is CCCn1nncc1C(N)c1ccc(Cl)c(Cl)c1. The monoisotopic (exact) mass is 284 g/mol. The fourth-order valence-corrected chi connectivity index (χ4v) is 2.08. The first-order chi connectivity index (χ1) is 8.63. The van der Waals surface area contributed by atoms with E-state index in [-0.39, 0.29) is 6.04 Å². The van der Waals surface area contributed by atoms with Crippen molar-refractivity contribution in [3.05, 3.63) is 45.7 Å². The van der Waals surface area contributed by atoms with E-state index in [0.717, 1.165) is 24.2 Å². The Hall–Kier alpha value is -1.10. The van der Waals surface area contributed by atoms with Crippen LogP contribution in [0.4, 0.5) is 0 Å². The predicted molar refractivity (Wildman–Crippen MR) is 72.8 cm³/mol. The van der Waals surface area contributed by atoms with E-state index >= 15 is 0 Å². The van der Waals surface area contributed by atoms with Crippen LogP contribution in [0.1, 0.15) is 30.6 Å². The average molecular weight is 285 g/mol. The zero-order valence-electron chi connectivity index (χ0n) is 9.98. The van der Waals surface area contributed by atoms with Gasteiger partial charge in [0.1, 0.15) is 0 Å². The smallest absolute Gasteiger partial charge is 0.0799 e. The van der Waals surface area contributed by atoms with Gasteiger partial charge in [0.25, 0.3) is 0 Å². The summed E-state index contributed by atoms with van der Waals surface area (Å²) in [4.78, 5) is 0. The van der Waals surface area contributed by atoms with Crippen molar-refractivity contribution >= 4 is 23.2 Å². The molecule has 0 spiro atoms. The molecule has 0 aliphatic carbocycles. The molecule has 2 aromatic rings. The molecule has 0 aliphatic heterocycles. The van der Waals surface area contributed by atoms with Gasteiger partial charge in [0.15, 0.2) is 0 Å². The Balaban J connectivity index is 2.32. The lowest BCUT2D eigenvalue weighted by Gasteiger charge is -2.14. The topological polar surface area (TPSA) is 56.7 Å². The Morgan fingerprint density at radius 3 is 2.78 bits per heavy atom. The zero-order valence-corrected chi connectivity index (χ0v) is 11.5. The molecule has 2 rings (SSSR count). The quantitative estimate of drug-likeness (QED) is 0.939. The molecule has 0 bridgehead atoms. The van der Waals surface area contributed by atoms with E-state index in [2.05, 4.69) is 17.2 Å². The summed E-state index contributed by atoms with van der Waals surface area (Å²) in [6.07, 6.45) is 2.66. The normalized spacial score (nSPS) is 12.7. The molecule has 4 nitrogen and oxygen atoms in total. The van der Waals surface area contributed by atoms with Gasteiger partial charge in [-0.2, -0.15) is 0 Å². The first kappa shape index (κ1) is 13.3. The largest absolute Gasteiger partial charge is 0.319 e. The molecule has 6 heteroatoms. The van der Waals surface area contributed by atoms with Gasteiger partial charge in [-0.1, -0.05) is 41.4 Å². The maximum Gasteiger partial charge on any atom is 0.0799 e. The highest BCUT2D eigenvalue weighted by molar-refractivity contribution is 6.42. The van der Waals surface area contributed by atoms with Crippen molar-refractivity contribution < 1.29 is 0 Å². The Morgan fingerprint density at radius 1 is 1.33 bits per heavy atom. The molecule has 1 aromatic heterocycles. The van der Waals surface area contributed by atoms with Gasteiger partial charge in [0, 0.05) is 6.54 Å². The zero-order chi connectivity index (χ0) is 13.1. The molecular weight excluding hydrogens is 271 g/mol. The number of hydrogen-bond acceptors (Lipinski definition) is 3. The Labute approximate surface area is 116 Å². The third-order valence-electron chi connectivity index (χ3n) is 2.70. The molecule has 1 unspecified atom stereocenters. The third kappa shape index (κ3) is 2.66. The van der Waals surface area contributed by atoms with Gasteiger partial charge in [0.2, 0.25) is 0 Å². The van der Waals surface area contributed by atoms with E-state index in [1.165, 1.54) is 0 Å². The number of aromatic nitrogens is 3. The van der Waals surface area contributed by atoms with Crippen LogP contribution in [0, 0.1) is 0 Å². The minimum absolute atomic E-state index is 0.304. The van der Waals surface area contributed by atoms with E-state index in [9.17, 15) is 0 Å². The lowest BCUT2D eigenvalue weighted by Crippen LogP contribution is -2.17. The van der Waals surface area contributed by atoms with Crippen LogP contribution in [0.25, 0.3) is 0 Å². The summed E-state index contributed by atoms with van der Waals surface area (Å²) in [7, 11) is 0. The van der Waals surface area contributed by atoms with E-state index in [1.54, 1.807) is 18.3 Å².